The van der Waals surface area contributed by atoms with Crippen LogP contribution in [-0.2, 0) is 19.7 Å². The first-order valence-corrected chi connectivity index (χ1v) is 7.84. The Morgan fingerprint density at radius 1 is 1.53 bits per heavy atom. The summed E-state index contributed by atoms with van der Waals surface area (Å²) in [5.41, 5.74) is -1.30. The maximum absolute atomic E-state index is 12.2. The zero-order valence-electron chi connectivity index (χ0n) is 11.4. The highest BCUT2D eigenvalue weighted by molar-refractivity contribution is 7.87. The largest absolute Gasteiger partial charge is 0.480 e. The van der Waals surface area contributed by atoms with Gasteiger partial charge in [-0.3, -0.25) is 4.79 Å². The van der Waals surface area contributed by atoms with Crippen LogP contribution in [0.15, 0.2) is 0 Å². The van der Waals surface area contributed by atoms with E-state index in [9.17, 15) is 18.3 Å². The first-order valence-electron chi connectivity index (χ1n) is 6.40. The maximum Gasteiger partial charge on any atom is 0.325 e. The van der Waals surface area contributed by atoms with Crippen LogP contribution in [0, 0.1) is 0 Å². The van der Waals surface area contributed by atoms with Crippen molar-refractivity contribution in [3.63, 3.8) is 0 Å². The summed E-state index contributed by atoms with van der Waals surface area (Å²) in [5, 5.41) is 9.44. The third kappa shape index (κ3) is 3.44. The van der Waals surface area contributed by atoms with Crippen molar-refractivity contribution < 1.29 is 23.1 Å². The van der Waals surface area contributed by atoms with Gasteiger partial charge < -0.3 is 9.84 Å². The van der Waals surface area contributed by atoms with Gasteiger partial charge in [0.05, 0.1) is 6.61 Å². The van der Waals surface area contributed by atoms with Gasteiger partial charge in [0, 0.05) is 20.2 Å². The fourth-order valence-electron chi connectivity index (χ4n) is 2.54. The topological polar surface area (TPSA) is 95.9 Å². The van der Waals surface area contributed by atoms with Crippen LogP contribution < -0.4 is 4.72 Å². The Morgan fingerprint density at radius 2 is 2.21 bits per heavy atom. The number of nitrogens with one attached hydrogen (secondary N) is 1. The Labute approximate surface area is 114 Å². The SMILES string of the molecule is CCCC1(C(=O)O)CCCN1S(=O)(=O)NCCOC. The number of aliphatic carboxylic acids is 1. The Bertz CT molecular complexity index is 411. The highest BCUT2D eigenvalue weighted by atomic mass is 32.2. The van der Waals surface area contributed by atoms with Gasteiger partial charge >= 0.3 is 5.97 Å². The number of carbonyl (C=O) groups is 1. The van der Waals surface area contributed by atoms with E-state index >= 15 is 0 Å². The molecule has 8 heteroatoms. The van der Waals surface area contributed by atoms with Crippen LogP contribution >= 0.6 is 0 Å². The Balaban J connectivity index is 2.92. The summed E-state index contributed by atoms with van der Waals surface area (Å²) >= 11 is 0. The molecule has 1 atom stereocenters. The second-order valence-corrected chi connectivity index (χ2v) is 6.33. The van der Waals surface area contributed by atoms with Crippen molar-refractivity contribution in [3.8, 4) is 0 Å². The number of carboxylic acid groups (broad SMARTS) is 1. The molecule has 0 saturated carbocycles. The van der Waals surface area contributed by atoms with Crippen molar-refractivity contribution in [2.24, 2.45) is 0 Å². The van der Waals surface area contributed by atoms with Crippen LogP contribution in [0.25, 0.3) is 0 Å². The zero-order chi connectivity index (χ0) is 14.5. The highest BCUT2D eigenvalue weighted by Crippen LogP contribution is 2.35. The average molecular weight is 294 g/mol. The molecule has 0 aliphatic carbocycles. The van der Waals surface area contributed by atoms with Crippen LogP contribution in [0.2, 0.25) is 0 Å². The van der Waals surface area contributed by atoms with Gasteiger partial charge in [-0.15, -0.1) is 0 Å². The van der Waals surface area contributed by atoms with Crippen LogP contribution in [0.1, 0.15) is 32.6 Å². The summed E-state index contributed by atoms with van der Waals surface area (Å²) in [7, 11) is -2.31. The van der Waals surface area contributed by atoms with Gasteiger partial charge in [-0.25, -0.2) is 0 Å². The van der Waals surface area contributed by atoms with E-state index in [1.54, 1.807) is 0 Å². The van der Waals surface area contributed by atoms with Crippen molar-refractivity contribution in [3.05, 3.63) is 0 Å². The van der Waals surface area contributed by atoms with Gasteiger partial charge in [0.1, 0.15) is 5.54 Å². The number of nitrogens with zero attached hydrogens (tertiary/aromatic N) is 1. The van der Waals surface area contributed by atoms with E-state index in [0.717, 1.165) is 4.31 Å². The van der Waals surface area contributed by atoms with E-state index in [1.165, 1.54) is 7.11 Å². The minimum absolute atomic E-state index is 0.136. The third-order valence-electron chi connectivity index (χ3n) is 3.37. The van der Waals surface area contributed by atoms with Crippen LogP contribution in [0.3, 0.4) is 0 Å². The van der Waals surface area contributed by atoms with E-state index in [-0.39, 0.29) is 19.7 Å². The summed E-state index contributed by atoms with van der Waals surface area (Å²) in [6, 6.07) is 0. The first-order chi connectivity index (χ1) is 8.90. The number of hydrogen-bond donors (Lipinski definition) is 2. The summed E-state index contributed by atoms with van der Waals surface area (Å²) < 4.78 is 32.7. The lowest BCUT2D eigenvalue weighted by Crippen LogP contribution is -2.56. The Kier molecular flexibility index (Phi) is 5.72. The number of hydrogen-bond acceptors (Lipinski definition) is 4. The molecule has 1 aliphatic heterocycles. The van der Waals surface area contributed by atoms with E-state index in [0.29, 0.717) is 25.7 Å². The van der Waals surface area contributed by atoms with Crippen LogP contribution in [0.4, 0.5) is 0 Å². The molecule has 2 N–H and O–H groups in total. The van der Waals surface area contributed by atoms with Crippen LogP contribution in [-0.4, -0.2) is 56.1 Å². The molecular formula is C11H22N2O5S. The fourth-order valence-corrected chi connectivity index (χ4v) is 4.13. The van der Waals surface area contributed by atoms with Crippen molar-refractivity contribution in [1.29, 1.82) is 0 Å². The Morgan fingerprint density at radius 3 is 2.74 bits per heavy atom. The summed E-state index contributed by atoms with van der Waals surface area (Å²) in [6.07, 6.45) is 1.88. The number of ether oxygens (including phenoxy) is 1. The van der Waals surface area contributed by atoms with Crippen molar-refractivity contribution in [1.82, 2.24) is 9.03 Å². The lowest BCUT2D eigenvalue weighted by molar-refractivity contribution is -0.147. The molecule has 0 spiro atoms. The molecular weight excluding hydrogens is 272 g/mol. The van der Waals surface area contributed by atoms with E-state index < -0.39 is 21.7 Å². The minimum Gasteiger partial charge on any atom is -0.480 e. The molecule has 1 saturated heterocycles. The number of methoxy groups -OCH3 is 1. The van der Waals surface area contributed by atoms with Gasteiger partial charge in [0.15, 0.2) is 0 Å². The molecule has 112 valence electrons. The lowest BCUT2D eigenvalue weighted by Gasteiger charge is -2.33. The third-order valence-corrected chi connectivity index (χ3v) is 5.05. The molecule has 0 aromatic rings. The maximum atomic E-state index is 12.2. The monoisotopic (exact) mass is 294 g/mol. The van der Waals surface area contributed by atoms with Gasteiger partial charge in [0.25, 0.3) is 10.2 Å². The predicted octanol–water partition coefficient (Wildman–Crippen LogP) is 0.187. The summed E-state index contributed by atoms with van der Waals surface area (Å²) in [4.78, 5) is 11.5. The van der Waals surface area contributed by atoms with E-state index in [1.807, 2.05) is 6.92 Å². The van der Waals surface area contributed by atoms with Crippen molar-refractivity contribution in [2.75, 3.05) is 26.8 Å². The van der Waals surface area contributed by atoms with E-state index in [4.69, 9.17) is 4.74 Å². The quantitative estimate of drug-likeness (QED) is 0.623. The molecule has 0 amide bonds. The summed E-state index contributed by atoms with van der Waals surface area (Å²) in [5.74, 6) is -1.07. The Hall–Kier alpha value is -0.700. The predicted molar refractivity (Wildman–Crippen MR) is 70.0 cm³/mol. The standard InChI is InChI=1S/C11H22N2O5S/c1-3-5-11(10(14)15)6-4-8-13(11)19(16,17)12-7-9-18-2/h12H,3-9H2,1-2H3,(H,14,15). The number of rotatable bonds is 8. The van der Waals surface area contributed by atoms with Crippen LogP contribution in [0.5, 0.6) is 0 Å². The lowest BCUT2D eigenvalue weighted by atomic mass is 9.92. The first kappa shape index (κ1) is 16.4. The molecule has 1 unspecified atom stereocenters. The highest BCUT2D eigenvalue weighted by Gasteiger charge is 2.52. The fraction of sp³-hybridized carbons (Fsp3) is 0.909. The average Bonchev–Trinajstić information content (AvgIpc) is 2.75. The molecule has 0 bridgehead atoms. The second kappa shape index (κ2) is 6.65. The minimum atomic E-state index is -3.78. The molecule has 7 nitrogen and oxygen atoms in total. The molecule has 1 heterocycles. The van der Waals surface area contributed by atoms with Gasteiger partial charge in [-0.1, -0.05) is 13.3 Å². The zero-order valence-corrected chi connectivity index (χ0v) is 12.2. The molecule has 0 radical (unpaired) electrons. The second-order valence-electron chi connectivity index (χ2n) is 4.65. The normalized spacial score (nSPS) is 24.7. The van der Waals surface area contributed by atoms with Gasteiger partial charge in [-0.05, 0) is 19.3 Å². The molecule has 1 aliphatic rings. The molecule has 0 aromatic carbocycles. The van der Waals surface area contributed by atoms with Crippen molar-refractivity contribution in [2.45, 2.75) is 38.1 Å². The van der Waals surface area contributed by atoms with Crippen molar-refractivity contribution >= 4 is 16.2 Å². The molecule has 1 fully saturated rings. The molecule has 0 aromatic heterocycles. The van der Waals surface area contributed by atoms with Gasteiger partial charge in [-0.2, -0.15) is 17.4 Å². The van der Waals surface area contributed by atoms with Gasteiger partial charge in [0.2, 0.25) is 0 Å². The number of carboxylic acids is 1. The summed E-state index contributed by atoms with van der Waals surface area (Å²) in [6.45, 7) is 2.48. The molecule has 19 heavy (non-hydrogen) atoms. The smallest absolute Gasteiger partial charge is 0.325 e. The molecule has 1 rings (SSSR count). The van der Waals surface area contributed by atoms with E-state index in [2.05, 4.69) is 4.72 Å².